The van der Waals surface area contributed by atoms with E-state index in [1.165, 1.54) is 0 Å². The van der Waals surface area contributed by atoms with E-state index in [2.05, 4.69) is 26.1 Å². The van der Waals surface area contributed by atoms with Crippen LogP contribution in [-0.2, 0) is 9.53 Å². The molecule has 0 radical (unpaired) electrons. The Hall–Kier alpha value is -1.55. The number of hydrogen-bond donors (Lipinski definition) is 1. The SMILES string of the molecule is CCCCC[C@](C)(OCC)C(=O)Nc1cc(C)c(O[C@@H](C)CC)c(C)c1. The third kappa shape index (κ3) is 6.31. The summed E-state index contributed by atoms with van der Waals surface area (Å²) in [6.07, 6.45) is 5.08. The minimum Gasteiger partial charge on any atom is -0.490 e. The summed E-state index contributed by atoms with van der Waals surface area (Å²) in [5, 5.41) is 3.05. The zero-order chi connectivity index (χ0) is 19.7. The average molecular weight is 364 g/mol. The molecule has 0 spiro atoms. The number of nitrogens with one attached hydrogen (secondary N) is 1. The Labute approximate surface area is 159 Å². The number of anilines is 1. The van der Waals surface area contributed by atoms with Crippen LogP contribution in [0.5, 0.6) is 5.75 Å². The van der Waals surface area contributed by atoms with E-state index in [1.54, 1.807) is 0 Å². The summed E-state index contributed by atoms with van der Waals surface area (Å²) in [7, 11) is 0. The fraction of sp³-hybridized carbons (Fsp3) is 0.682. The molecule has 0 saturated carbocycles. The van der Waals surface area contributed by atoms with Crippen molar-refractivity contribution in [2.75, 3.05) is 11.9 Å². The van der Waals surface area contributed by atoms with Crippen molar-refractivity contribution in [2.45, 2.75) is 92.3 Å². The van der Waals surface area contributed by atoms with Crippen LogP contribution in [0.3, 0.4) is 0 Å². The Morgan fingerprint density at radius 1 is 1.15 bits per heavy atom. The van der Waals surface area contributed by atoms with Gasteiger partial charge in [-0.1, -0.05) is 33.1 Å². The largest absolute Gasteiger partial charge is 0.490 e. The molecule has 26 heavy (non-hydrogen) atoms. The molecular formula is C22H37NO3. The second-order valence-corrected chi connectivity index (χ2v) is 7.35. The molecule has 148 valence electrons. The molecule has 0 aromatic heterocycles. The molecule has 1 rings (SSSR count). The Bertz CT molecular complexity index is 562. The summed E-state index contributed by atoms with van der Waals surface area (Å²) in [5.41, 5.74) is 2.06. The number of carbonyl (C=O) groups is 1. The van der Waals surface area contributed by atoms with E-state index in [-0.39, 0.29) is 12.0 Å². The third-order valence-electron chi connectivity index (χ3n) is 4.81. The van der Waals surface area contributed by atoms with Crippen LogP contribution >= 0.6 is 0 Å². The van der Waals surface area contributed by atoms with Gasteiger partial charge < -0.3 is 14.8 Å². The maximum atomic E-state index is 12.9. The predicted octanol–water partition coefficient (Wildman–Crippen LogP) is 5.79. The summed E-state index contributed by atoms with van der Waals surface area (Å²) in [5.74, 6) is 0.831. The Morgan fingerprint density at radius 3 is 2.27 bits per heavy atom. The first-order valence-electron chi connectivity index (χ1n) is 10.0. The Kier molecular flexibility index (Phi) is 9.14. The number of unbranched alkanes of at least 4 members (excludes halogenated alkanes) is 2. The van der Waals surface area contributed by atoms with Crippen molar-refractivity contribution in [3.63, 3.8) is 0 Å². The van der Waals surface area contributed by atoms with Gasteiger partial charge in [0.1, 0.15) is 11.4 Å². The summed E-state index contributed by atoms with van der Waals surface area (Å²) >= 11 is 0. The van der Waals surface area contributed by atoms with Gasteiger partial charge in [0.15, 0.2) is 0 Å². The quantitative estimate of drug-likeness (QED) is 0.506. The van der Waals surface area contributed by atoms with Crippen LogP contribution < -0.4 is 10.1 Å². The van der Waals surface area contributed by atoms with Crippen molar-refractivity contribution in [3.05, 3.63) is 23.3 Å². The number of amides is 1. The minimum atomic E-state index is -0.794. The lowest BCUT2D eigenvalue weighted by Crippen LogP contribution is -2.42. The topological polar surface area (TPSA) is 47.6 Å². The maximum absolute atomic E-state index is 12.9. The first-order chi connectivity index (χ1) is 12.3. The third-order valence-corrected chi connectivity index (χ3v) is 4.81. The molecule has 0 heterocycles. The zero-order valence-corrected chi connectivity index (χ0v) is 17.7. The zero-order valence-electron chi connectivity index (χ0n) is 17.7. The van der Waals surface area contributed by atoms with E-state index in [9.17, 15) is 4.79 Å². The highest BCUT2D eigenvalue weighted by Gasteiger charge is 2.33. The molecule has 2 atom stereocenters. The van der Waals surface area contributed by atoms with Gasteiger partial charge in [-0.2, -0.15) is 0 Å². The molecule has 0 fully saturated rings. The van der Waals surface area contributed by atoms with Crippen molar-refractivity contribution in [1.29, 1.82) is 0 Å². The molecule has 0 aliphatic rings. The van der Waals surface area contributed by atoms with Crippen LogP contribution in [-0.4, -0.2) is 24.2 Å². The van der Waals surface area contributed by atoms with Crippen LogP contribution in [0.4, 0.5) is 5.69 Å². The molecule has 0 bridgehead atoms. The van der Waals surface area contributed by atoms with Crippen molar-refractivity contribution in [1.82, 2.24) is 0 Å². The van der Waals surface area contributed by atoms with Crippen LogP contribution in [0.2, 0.25) is 0 Å². The highest BCUT2D eigenvalue weighted by Crippen LogP contribution is 2.30. The highest BCUT2D eigenvalue weighted by atomic mass is 16.5. The van der Waals surface area contributed by atoms with Gasteiger partial charge >= 0.3 is 0 Å². The lowest BCUT2D eigenvalue weighted by atomic mass is 9.96. The normalized spacial score (nSPS) is 14.6. The van der Waals surface area contributed by atoms with Gasteiger partial charge in [-0.25, -0.2) is 0 Å². The van der Waals surface area contributed by atoms with E-state index < -0.39 is 5.60 Å². The predicted molar refractivity (Wildman–Crippen MR) is 109 cm³/mol. The number of hydrogen-bond acceptors (Lipinski definition) is 3. The van der Waals surface area contributed by atoms with Crippen LogP contribution in [0.1, 0.15) is 77.8 Å². The number of aryl methyl sites for hydroxylation is 2. The Balaban J connectivity index is 2.93. The lowest BCUT2D eigenvalue weighted by Gasteiger charge is -2.28. The van der Waals surface area contributed by atoms with Crippen LogP contribution in [0.25, 0.3) is 0 Å². The number of benzene rings is 1. The van der Waals surface area contributed by atoms with Crippen molar-refractivity contribution >= 4 is 11.6 Å². The van der Waals surface area contributed by atoms with Gasteiger partial charge in [-0.3, -0.25) is 4.79 Å². The number of ether oxygens (including phenoxy) is 2. The molecule has 4 nitrogen and oxygen atoms in total. The second kappa shape index (κ2) is 10.6. The molecule has 4 heteroatoms. The summed E-state index contributed by atoms with van der Waals surface area (Å²) in [6, 6.07) is 3.95. The van der Waals surface area contributed by atoms with Gasteiger partial charge in [-0.05, 0) is 70.7 Å². The van der Waals surface area contributed by atoms with Crippen LogP contribution in [0, 0.1) is 13.8 Å². The van der Waals surface area contributed by atoms with Gasteiger partial charge in [0.25, 0.3) is 5.91 Å². The molecule has 0 aliphatic heterocycles. The van der Waals surface area contributed by atoms with E-state index in [0.29, 0.717) is 6.61 Å². The van der Waals surface area contributed by atoms with Gasteiger partial charge in [0, 0.05) is 12.3 Å². The number of rotatable bonds is 11. The van der Waals surface area contributed by atoms with Gasteiger partial charge in [-0.15, -0.1) is 0 Å². The van der Waals surface area contributed by atoms with E-state index in [1.807, 2.05) is 39.8 Å². The minimum absolute atomic E-state index is 0.0788. The molecule has 1 aromatic rings. The highest BCUT2D eigenvalue weighted by molar-refractivity contribution is 5.97. The standard InChI is InChI=1S/C22H37NO3/c1-8-11-12-13-22(7,25-10-3)21(24)23-19-14-16(4)20(17(5)15-19)26-18(6)9-2/h14-15,18H,8-13H2,1-7H3,(H,23,24)/t18-,22-/m0/s1. The molecule has 0 aliphatic carbocycles. The summed E-state index contributed by atoms with van der Waals surface area (Å²) in [6.45, 7) is 14.7. The average Bonchev–Trinajstić information content (AvgIpc) is 2.58. The molecule has 1 N–H and O–H groups in total. The van der Waals surface area contributed by atoms with Crippen LogP contribution in [0.15, 0.2) is 12.1 Å². The maximum Gasteiger partial charge on any atom is 0.256 e. The second-order valence-electron chi connectivity index (χ2n) is 7.35. The fourth-order valence-corrected chi connectivity index (χ4v) is 3.04. The molecule has 0 saturated heterocycles. The first-order valence-corrected chi connectivity index (χ1v) is 10.0. The molecule has 1 amide bonds. The molecule has 0 unspecified atom stereocenters. The van der Waals surface area contributed by atoms with E-state index >= 15 is 0 Å². The Morgan fingerprint density at radius 2 is 1.77 bits per heavy atom. The summed E-state index contributed by atoms with van der Waals surface area (Å²) in [4.78, 5) is 12.9. The van der Waals surface area contributed by atoms with Crippen molar-refractivity contribution in [2.24, 2.45) is 0 Å². The van der Waals surface area contributed by atoms with E-state index in [4.69, 9.17) is 9.47 Å². The van der Waals surface area contributed by atoms with Gasteiger partial charge in [0.05, 0.1) is 6.10 Å². The van der Waals surface area contributed by atoms with E-state index in [0.717, 1.165) is 54.7 Å². The summed E-state index contributed by atoms with van der Waals surface area (Å²) < 4.78 is 11.8. The smallest absolute Gasteiger partial charge is 0.256 e. The van der Waals surface area contributed by atoms with Crippen molar-refractivity contribution < 1.29 is 14.3 Å². The molecule has 1 aromatic carbocycles. The number of carbonyl (C=O) groups excluding carboxylic acids is 1. The lowest BCUT2D eigenvalue weighted by molar-refractivity contribution is -0.139. The first kappa shape index (κ1) is 22.5. The van der Waals surface area contributed by atoms with Crippen molar-refractivity contribution in [3.8, 4) is 5.75 Å². The fourth-order valence-electron chi connectivity index (χ4n) is 3.04. The van der Waals surface area contributed by atoms with Gasteiger partial charge in [0.2, 0.25) is 0 Å². The molecular weight excluding hydrogens is 326 g/mol. The monoisotopic (exact) mass is 363 g/mol.